The van der Waals surface area contributed by atoms with Crippen molar-refractivity contribution in [3.05, 3.63) is 34.1 Å². The molecule has 0 aromatic heterocycles. The lowest BCUT2D eigenvalue weighted by atomic mass is 10.2. The second-order valence-corrected chi connectivity index (χ2v) is 5.81. The summed E-state index contributed by atoms with van der Waals surface area (Å²) in [6.07, 6.45) is 0. The fourth-order valence-corrected chi connectivity index (χ4v) is 1.65. The standard InChI is InChI=1S/C9H6BrF3O5S/c10-6-1-5(2-7(11)3-6)8(14)18-4-9(12,13)19(15,16)17/h1-3H,4H2,(H,15,16,17). The number of hydrogen-bond donors (Lipinski definition) is 1. The normalized spacial score (nSPS) is 12.3. The van der Waals surface area contributed by atoms with Crippen LogP contribution in [-0.2, 0) is 14.9 Å². The number of esters is 1. The fourth-order valence-electron chi connectivity index (χ4n) is 0.979. The van der Waals surface area contributed by atoms with Gasteiger partial charge in [-0.25, -0.2) is 9.18 Å². The van der Waals surface area contributed by atoms with Crippen molar-refractivity contribution in [1.82, 2.24) is 0 Å². The number of benzene rings is 1. The van der Waals surface area contributed by atoms with Gasteiger partial charge in [-0.15, -0.1) is 0 Å². The van der Waals surface area contributed by atoms with Crippen LogP contribution < -0.4 is 0 Å². The summed E-state index contributed by atoms with van der Waals surface area (Å²) in [5, 5.41) is -4.63. The van der Waals surface area contributed by atoms with Gasteiger partial charge in [0.1, 0.15) is 5.82 Å². The first kappa shape index (κ1) is 15.9. The van der Waals surface area contributed by atoms with Crippen LogP contribution >= 0.6 is 15.9 Å². The predicted octanol–water partition coefficient (Wildman–Crippen LogP) is 2.23. The van der Waals surface area contributed by atoms with E-state index in [0.29, 0.717) is 0 Å². The third kappa shape index (κ3) is 4.18. The van der Waals surface area contributed by atoms with Gasteiger partial charge in [0.15, 0.2) is 6.61 Å². The van der Waals surface area contributed by atoms with Crippen molar-refractivity contribution in [3.63, 3.8) is 0 Å². The Hall–Kier alpha value is -1.13. The van der Waals surface area contributed by atoms with Gasteiger partial charge < -0.3 is 4.74 Å². The van der Waals surface area contributed by atoms with Crippen molar-refractivity contribution in [2.45, 2.75) is 5.25 Å². The molecule has 5 nitrogen and oxygen atoms in total. The van der Waals surface area contributed by atoms with Crippen molar-refractivity contribution in [1.29, 1.82) is 0 Å². The molecule has 0 aliphatic carbocycles. The molecule has 1 N–H and O–H groups in total. The van der Waals surface area contributed by atoms with Crippen LogP contribution in [0.4, 0.5) is 13.2 Å². The highest BCUT2D eigenvalue weighted by Crippen LogP contribution is 2.22. The Bertz CT molecular complexity index is 582. The largest absolute Gasteiger partial charge is 0.454 e. The second kappa shape index (κ2) is 5.47. The smallest absolute Gasteiger partial charge is 0.402 e. The highest BCUT2D eigenvalue weighted by molar-refractivity contribution is 9.10. The molecule has 0 radical (unpaired) electrons. The minimum Gasteiger partial charge on any atom is -0.454 e. The van der Waals surface area contributed by atoms with E-state index >= 15 is 0 Å². The van der Waals surface area contributed by atoms with Crippen LogP contribution in [0.15, 0.2) is 22.7 Å². The highest BCUT2D eigenvalue weighted by atomic mass is 79.9. The summed E-state index contributed by atoms with van der Waals surface area (Å²) in [7, 11) is -5.69. The minimum absolute atomic E-state index is 0.168. The molecule has 0 amide bonds. The average molecular weight is 363 g/mol. The Morgan fingerprint density at radius 3 is 2.42 bits per heavy atom. The summed E-state index contributed by atoms with van der Waals surface area (Å²) in [6, 6.07) is 2.83. The van der Waals surface area contributed by atoms with Gasteiger partial charge in [0.2, 0.25) is 0 Å². The molecule has 0 heterocycles. The monoisotopic (exact) mass is 362 g/mol. The molecular weight excluding hydrogens is 357 g/mol. The van der Waals surface area contributed by atoms with Crippen molar-refractivity contribution in [3.8, 4) is 0 Å². The van der Waals surface area contributed by atoms with Gasteiger partial charge in [0.25, 0.3) is 0 Å². The lowest BCUT2D eigenvalue weighted by Gasteiger charge is -2.13. The summed E-state index contributed by atoms with van der Waals surface area (Å²) in [5.41, 5.74) is -0.391. The Morgan fingerprint density at radius 1 is 1.37 bits per heavy atom. The molecule has 1 aromatic carbocycles. The maximum atomic E-state index is 12.9. The second-order valence-electron chi connectivity index (χ2n) is 3.35. The zero-order chi connectivity index (χ0) is 14.8. The summed E-state index contributed by atoms with van der Waals surface area (Å²) < 4.78 is 71.3. The average Bonchev–Trinajstić information content (AvgIpc) is 2.23. The van der Waals surface area contributed by atoms with E-state index in [4.69, 9.17) is 4.55 Å². The lowest BCUT2D eigenvalue weighted by Crippen LogP contribution is -2.34. The quantitative estimate of drug-likeness (QED) is 0.656. The predicted molar refractivity (Wildman–Crippen MR) is 60.9 cm³/mol. The Morgan fingerprint density at radius 2 is 1.95 bits per heavy atom. The van der Waals surface area contributed by atoms with Gasteiger partial charge in [-0.05, 0) is 18.2 Å². The molecule has 10 heteroatoms. The first-order valence-electron chi connectivity index (χ1n) is 4.51. The van der Waals surface area contributed by atoms with E-state index in [9.17, 15) is 26.4 Å². The third-order valence-corrected chi connectivity index (χ3v) is 3.18. The molecule has 0 spiro atoms. The van der Waals surface area contributed by atoms with Gasteiger partial charge in [-0.2, -0.15) is 17.2 Å². The number of rotatable bonds is 4. The number of halogens is 4. The summed E-state index contributed by atoms with van der Waals surface area (Å²) >= 11 is 2.87. The molecule has 1 aromatic rings. The molecule has 0 fully saturated rings. The van der Waals surface area contributed by atoms with E-state index in [2.05, 4.69) is 20.7 Å². The minimum atomic E-state index is -5.69. The molecule has 0 bridgehead atoms. The molecule has 0 aliphatic heterocycles. The van der Waals surface area contributed by atoms with Gasteiger partial charge in [0.05, 0.1) is 5.56 Å². The molecular formula is C9H6BrF3O5S. The van der Waals surface area contributed by atoms with Crippen LogP contribution in [0, 0.1) is 5.82 Å². The molecule has 0 atom stereocenters. The molecule has 0 aliphatic rings. The van der Waals surface area contributed by atoms with E-state index in [1.54, 1.807) is 0 Å². The van der Waals surface area contributed by atoms with Crippen molar-refractivity contribution < 1.29 is 35.7 Å². The SMILES string of the molecule is O=C(OCC(F)(F)S(=O)(=O)O)c1cc(F)cc(Br)c1. The molecule has 0 saturated heterocycles. The van der Waals surface area contributed by atoms with Crippen LogP contribution in [0.5, 0.6) is 0 Å². The maximum Gasteiger partial charge on any atom is 0.402 e. The molecule has 19 heavy (non-hydrogen) atoms. The molecule has 0 saturated carbocycles. The van der Waals surface area contributed by atoms with Crippen LogP contribution in [0.25, 0.3) is 0 Å². The van der Waals surface area contributed by atoms with Crippen LogP contribution in [-0.4, -0.2) is 30.8 Å². The van der Waals surface area contributed by atoms with E-state index < -0.39 is 39.3 Å². The first-order valence-corrected chi connectivity index (χ1v) is 6.74. The summed E-state index contributed by atoms with van der Waals surface area (Å²) in [6.45, 7) is -1.88. The summed E-state index contributed by atoms with van der Waals surface area (Å²) in [4.78, 5) is 11.3. The fraction of sp³-hybridized carbons (Fsp3) is 0.222. The van der Waals surface area contributed by atoms with E-state index in [0.717, 1.165) is 18.2 Å². The Kier molecular flexibility index (Phi) is 4.59. The van der Waals surface area contributed by atoms with Crippen molar-refractivity contribution in [2.75, 3.05) is 6.61 Å². The Balaban J connectivity index is 2.82. The highest BCUT2D eigenvalue weighted by Gasteiger charge is 2.45. The first-order chi connectivity index (χ1) is 8.53. The van der Waals surface area contributed by atoms with Gasteiger partial charge in [-0.1, -0.05) is 15.9 Å². The van der Waals surface area contributed by atoms with Crippen LogP contribution in [0.1, 0.15) is 10.4 Å². The molecule has 1 rings (SSSR count). The van der Waals surface area contributed by atoms with Crippen LogP contribution in [0.3, 0.4) is 0 Å². The third-order valence-electron chi connectivity index (χ3n) is 1.85. The number of alkyl halides is 2. The number of ether oxygens (including phenoxy) is 1. The van der Waals surface area contributed by atoms with Crippen LogP contribution in [0.2, 0.25) is 0 Å². The van der Waals surface area contributed by atoms with E-state index in [-0.39, 0.29) is 4.47 Å². The topological polar surface area (TPSA) is 80.7 Å². The number of hydrogen-bond acceptors (Lipinski definition) is 4. The number of carbonyl (C=O) groups is 1. The molecule has 106 valence electrons. The summed E-state index contributed by atoms with van der Waals surface area (Å²) in [5.74, 6) is -2.17. The van der Waals surface area contributed by atoms with Gasteiger partial charge in [0, 0.05) is 4.47 Å². The zero-order valence-corrected chi connectivity index (χ0v) is 11.3. The van der Waals surface area contributed by atoms with E-state index in [1.807, 2.05) is 0 Å². The van der Waals surface area contributed by atoms with E-state index in [1.165, 1.54) is 0 Å². The Labute approximate surface area is 114 Å². The molecule has 0 unspecified atom stereocenters. The van der Waals surface area contributed by atoms with Gasteiger partial charge >= 0.3 is 21.3 Å². The van der Waals surface area contributed by atoms with Crippen molar-refractivity contribution in [2.24, 2.45) is 0 Å². The van der Waals surface area contributed by atoms with Crippen molar-refractivity contribution >= 4 is 32.0 Å². The number of carbonyl (C=O) groups excluding carboxylic acids is 1. The van der Waals surface area contributed by atoms with Gasteiger partial charge in [-0.3, -0.25) is 4.55 Å². The zero-order valence-electron chi connectivity index (χ0n) is 8.94. The lowest BCUT2D eigenvalue weighted by molar-refractivity contribution is -0.00953. The maximum absolute atomic E-state index is 12.9.